The van der Waals surface area contributed by atoms with Crippen molar-refractivity contribution in [2.45, 2.75) is 58.9 Å². The average molecular weight is 517 g/mol. The molecule has 0 amide bonds. The van der Waals surface area contributed by atoms with Gasteiger partial charge in [0.2, 0.25) is 0 Å². The maximum absolute atomic E-state index is 5.21. The third kappa shape index (κ3) is 13.4. The molecule has 0 atom stereocenters. The van der Waals surface area contributed by atoms with Gasteiger partial charge in [-0.25, -0.2) is 0 Å². The lowest BCUT2D eigenvalue weighted by atomic mass is 10.1. The lowest BCUT2D eigenvalue weighted by Gasteiger charge is -2.06. The Kier molecular flexibility index (Phi) is 11.0. The Morgan fingerprint density at radius 2 is 0.583 bits per heavy atom. The molecular weight excluding hydrogens is 481 g/mol. The monoisotopic (exact) mass is 516 g/mol. The van der Waals surface area contributed by atoms with Crippen LogP contribution in [0.2, 0.25) is 58.9 Å². The summed E-state index contributed by atoms with van der Waals surface area (Å²) in [4.78, 5) is 0. The van der Waals surface area contributed by atoms with Crippen LogP contribution in [0.3, 0.4) is 0 Å². The highest BCUT2D eigenvalue weighted by Gasteiger charge is 2.10. The maximum Gasteiger partial charge on any atom is 0.129 e. The zero-order valence-corrected chi connectivity index (χ0v) is 26.2. The van der Waals surface area contributed by atoms with Gasteiger partial charge in [0.25, 0.3) is 0 Å². The molecule has 0 saturated heterocycles. The summed E-state index contributed by atoms with van der Waals surface area (Å²) < 4.78 is 0. The van der Waals surface area contributed by atoms with Crippen molar-refractivity contribution in [1.82, 2.24) is 0 Å². The standard InChI is InChI=1S/C21H30Si3.C12H6/c1-22(2,3)13-10-19-16-20(11-14-23(4,5)6)18-21(17-19)12-15-24(7,8)9;1-4-10-7-11(5-2)9-12(6-3)8-10/h16-18H,1-9H3;1-3,7-9H. The summed E-state index contributed by atoms with van der Waals surface area (Å²) in [7, 11) is -4.17. The van der Waals surface area contributed by atoms with Crippen molar-refractivity contribution in [2.24, 2.45) is 0 Å². The molecule has 36 heavy (non-hydrogen) atoms. The lowest BCUT2D eigenvalue weighted by Crippen LogP contribution is -2.16. The predicted molar refractivity (Wildman–Crippen MR) is 167 cm³/mol. The fourth-order valence-corrected chi connectivity index (χ4v) is 4.06. The molecule has 0 heterocycles. The van der Waals surface area contributed by atoms with E-state index in [2.05, 4.69) is 129 Å². The summed E-state index contributed by atoms with van der Waals surface area (Å²) in [6.07, 6.45) is 15.6. The molecule has 0 radical (unpaired) electrons. The molecule has 180 valence electrons. The zero-order valence-electron chi connectivity index (χ0n) is 23.2. The summed E-state index contributed by atoms with van der Waals surface area (Å²) in [5.74, 6) is 17.5. The molecule has 0 N–H and O–H groups in total. The van der Waals surface area contributed by atoms with E-state index in [1.165, 1.54) is 0 Å². The molecule has 0 aliphatic carbocycles. The van der Waals surface area contributed by atoms with E-state index < -0.39 is 24.2 Å². The first kappa shape index (κ1) is 30.5. The minimum Gasteiger partial charge on any atom is -0.127 e. The van der Waals surface area contributed by atoms with E-state index in [9.17, 15) is 0 Å². The minimum absolute atomic E-state index is 0.721. The first-order valence-corrected chi connectivity index (χ1v) is 22.3. The lowest BCUT2D eigenvalue weighted by molar-refractivity contribution is 1.56. The summed E-state index contributed by atoms with van der Waals surface area (Å²) in [6.45, 7) is 20.4. The van der Waals surface area contributed by atoms with Crippen molar-refractivity contribution in [3.8, 4) is 71.4 Å². The van der Waals surface area contributed by atoms with Gasteiger partial charge < -0.3 is 0 Å². The highest BCUT2D eigenvalue weighted by molar-refractivity contribution is 6.84. The Morgan fingerprint density at radius 1 is 0.389 bits per heavy atom. The van der Waals surface area contributed by atoms with Crippen LogP contribution in [0.5, 0.6) is 0 Å². The molecule has 2 aromatic rings. The molecule has 0 unspecified atom stereocenters. The van der Waals surface area contributed by atoms with Crippen molar-refractivity contribution in [3.63, 3.8) is 0 Å². The normalized spacial score (nSPS) is 10.2. The van der Waals surface area contributed by atoms with Gasteiger partial charge in [-0.3, -0.25) is 0 Å². The van der Waals surface area contributed by atoms with Crippen LogP contribution in [-0.4, -0.2) is 24.2 Å². The number of benzene rings is 2. The molecule has 0 saturated carbocycles. The molecule has 0 fully saturated rings. The molecule has 2 aromatic carbocycles. The predicted octanol–water partition coefficient (Wildman–Crippen LogP) is 7.00. The van der Waals surface area contributed by atoms with E-state index in [1.807, 2.05) is 0 Å². The fourth-order valence-electron chi connectivity index (χ4n) is 2.50. The molecule has 0 bridgehead atoms. The van der Waals surface area contributed by atoms with Crippen molar-refractivity contribution in [3.05, 3.63) is 69.8 Å². The second kappa shape index (κ2) is 13.0. The van der Waals surface area contributed by atoms with Gasteiger partial charge in [0.15, 0.2) is 0 Å². The van der Waals surface area contributed by atoms with Crippen LogP contribution in [0.4, 0.5) is 0 Å². The van der Waals surface area contributed by atoms with Crippen molar-refractivity contribution in [1.29, 1.82) is 0 Å². The number of hydrogen-bond acceptors (Lipinski definition) is 0. The summed E-state index contributed by atoms with van der Waals surface area (Å²) >= 11 is 0. The van der Waals surface area contributed by atoms with Gasteiger partial charge in [0.05, 0.1) is 0 Å². The minimum atomic E-state index is -1.39. The molecule has 0 spiro atoms. The Labute approximate surface area is 223 Å². The van der Waals surface area contributed by atoms with Gasteiger partial charge in [-0.1, -0.05) is 94.4 Å². The van der Waals surface area contributed by atoms with Crippen LogP contribution in [0.15, 0.2) is 36.4 Å². The van der Waals surface area contributed by atoms with Crippen LogP contribution < -0.4 is 0 Å². The van der Waals surface area contributed by atoms with Crippen molar-refractivity contribution >= 4 is 24.2 Å². The maximum atomic E-state index is 5.21. The van der Waals surface area contributed by atoms with Crippen LogP contribution in [-0.2, 0) is 0 Å². The third-order valence-electron chi connectivity index (χ3n) is 4.11. The van der Waals surface area contributed by atoms with Gasteiger partial charge >= 0.3 is 0 Å². The number of hydrogen-bond donors (Lipinski definition) is 0. The number of terminal acetylenes is 3. The van der Waals surface area contributed by atoms with Crippen LogP contribution in [0.25, 0.3) is 0 Å². The summed E-state index contributed by atoms with van der Waals surface area (Å²) in [5.41, 5.74) is 15.6. The van der Waals surface area contributed by atoms with Gasteiger partial charge in [-0.2, -0.15) is 0 Å². The highest BCUT2D eigenvalue weighted by Crippen LogP contribution is 2.11. The van der Waals surface area contributed by atoms with Crippen molar-refractivity contribution in [2.75, 3.05) is 0 Å². The van der Waals surface area contributed by atoms with E-state index in [4.69, 9.17) is 19.3 Å². The van der Waals surface area contributed by atoms with Gasteiger partial charge in [-0.15, -0.1) is 35.9 Å². The van der Waals surface area contributed by atoms with E-state index in [-0.39, 0.29) is 0 Å². The fraction of sp³-hybridized carbons (Fsp3) is 0.273. The third-order valence-corrected chi connectivity index (χ3v) is 6.74. The molecule has 0 aromatic heterocycles. The largest absolute Gasteiger partial charge is 0.129 e. The quantitative estimate of drug-likeness (QED) is 0.261. The SMILES string of the molecule is C#Cc1cc(C#C)cc(C#C)c1.C[Si](C)(C)C#Cc1cc(C#C[Si](C)(C)C)cc(C#C[Si](C)(C)C)c1. The van der Waals surface area contributed by atoms with E-state index in [0.29, 0.717) is 0 Å². The smallest absolute Gasteiger partial charge is 0.127 e. The zero-order chi connectivity index (χ0) is 27.6. The Hall–Kier alpha value is -3.55. The topological polar surface area (TPSA) is 0 Å². The Bertz CT molecular complexity index is 1210. The average Bonchev–Trinajstić information content (AvgIpc) is 2.78. The summed E-state index contributed by atoms with van der Waals surface area (Å²) in [5, 5.41) is 0. The Morgan fingerprint density at radius 3 is 0.750 bits per heavy atom. The van der Waals surface area contributed by atoms with E-state index in [0.717, 1.165) is 33.4 Å². The van der Waals surface area contributed by atoms with Crippen molar-refractivity contribution < 1.29 is 0 Å². The second-order valence-corrected chi connectivity index (χ2v) is 25.8. The molecule has 2 rings (SSSR count). The van der Waals surface area contributed by atoms with Crippen LogP contribution in [0, 0.1) is 71.4 Å². The van der Waals surface area contributed by atoms with E-state index >= 15 is 0 Å². The molecule has 3 heteroatoms. The molecule has 0 aliphatic rings. The van der Waals surface area contributed by atoms with Crippen LogP contribution in [0.1, 0.15) is 33.4 Å². The number of rotatable bonds is 0. The van der Waals surface area contributed by atoms with E-state index in [1.54, 1.807) is 18.2 Å². The first-order valence-electron chi connectivity index (χ1n) is 11.8. The molecular formula is C33H36Si3. The Balaban J connectivity index is 0.000000450. The summed E-state index contributed by atoms with van der Waals surface area (Å²) in [6, 6.07) is 11.6. The van der Waals surface area contributed by atoms with Gasteiger partial charge in [0.1, 0.15) is 24.2 Å². The first-order chi connectivity index (χ1) is 16.5. The molecule has 0 aliphatic heterocycles. The van der Waals surface area contributed by atoms with Gasteiger partial charge in [-0.05, 0) is 36.4 Å². The second-order valence-electron chi connectivity index (χ2n) is 11.5. The highest BCUT2D eigenvalue weighted by atomic mass is 28.3. The molecule has 0 nitrogen and oxygen atoms in total. The van der Waals surface area contributed by atoms with Gasteiger partial charge in [0, 0.05) is 33.4 Å². The van der Waals surface area contributed by atoms with Crippen LogP contribution >= 0.6 is 0 Å².